The van der Waals surface area contributed by atoms with E-state index in [9.17, 15) is 39.0 Å². The van der Waals surface area contributed by atoms with Gasteiger partial charge in [0.05, 0.1) is 5.92 Å². The third kappa shape index (κ3) is 11.6. The number of rotatable bonds is 19. The molecule has 1 amide bonds. The number of hydrogen-bond acceptors (Lipinski definition) is 14. The summed E-state index contributed by atoms with van der Waals surface area (Å²) in [6, 6.07) is 0. The van der Waals surface area contributed by atoms with Gasteiger partial charge in [0.1, 0.15) is 17.3 Å². The first kappa shape index (κ1) is 48.4. The van der Waals surface area contributed by atoms with E-state index in [1.165, 1.54) is 13.8 Å². The number of ether oxygens (including phenoxy) is 6. The minimum Gasteiger partial charge on any atom is -0.459 e. The number of fused-ring (bicyclic) bond motifs is 3. The zero-order valence-electron chi connectivity index (χ0n) is 36.2. The van der Waals surface area contributed by atoms with Crippen molar-refractivity contribution >= 4 is 35.9 Å². The molecule has 8 atom stereocenters. The first-order valence-corrected chi connectivity index (χ1v) is 20.8. The molecule has 15 heteroatoms. The number of carbonyl (C=O) groups excluding carboxylic acids is 6. The fourth-order valence-electron chi connectivity index (χ4n) is 8.12. The zero-order chi connectivity index (χ0) is 43.6. The summed E-state index contributed by atoms with van der Waals surface area (Å²) in [5.74, 6) is -5.17. The number of esters is 5. The minimum absolute atomic E-state index is 0.0560. The monoisotopic (exact) mass is 821 g/mol. The lowest BCUT2D eigenvalue weighted by Crippen LogP contribution is -2.64. The van der Waals surface area contributed by atoms with E-state index >= 15 is 0 Å². The molecule has 3 N–H and O–H groups in total. The Morgan fingerprint density at radius 1 is 0.879 bits per heavy atom. The van der Waals surface area contributed by atoms with E-state index in [0.717, 1.165) is 45.4 Å². The van der Waals surface area contributed by atoms with Crippen molar-refractivity contribution in [3.8, 4) is 0 Å². The highest BCUT2D eigenvalue weighted by molar-refractivity contribution is 5.88. The molecule has 1 heterocycles. The maximum Gasteiger partial charge on any atom is 0.407 e. The van der Waals surface area contributed by atoms with E-state index in [-0.39, 0.29) is 29.6 Å². The van der Waals surface area contributed by atoms with E-state index in [0.29, 0.717) is 32.2 Å². The fourth-order valence-corrected chi connectivity index (χ4v) is 8.12. The van der Waals surface area contributed by atoms with Crippen LogP contribution in [-0.4, -0.2) is 99.5 Å². The molecule has 2 aliphatic carbocycles. The smallest absolute Gasteiger partial charge is 0.407 e. The van der Waals surface area contributed by atoms with Gasteiger partial charge in [-0.2, -0.15) is 0 Å². The summed E-state index contributed by atoms with van der Waals surface area (Å²) in [6.45, 7) is 16.4. The van der Waals surface area contributed by atoms with Crippen LogP contribution >= 0.6 is 0 Å². The summed E-state index contributed by atoms with van der Waals surface area (Å²) in [6.07, 6.45) is 2.30. The van der Waals surface area contributed by atoms with Crippen LogP contribution in [0.2, 0.25) is 0 Å². The number of alkyl carbamates (subject to hydrolysis) is 1. The Bertz CT molecular complexity index is 1580. The SMILES string of the molecule is C/C=C(/C)C(=O)O[C@H]1C(C)=C2[C@H]([C@@H]1OC(=O)CCCCCCC)[C@@](C)(OC(C)=O)C[C@H](OC(=O)CCCCCCCNC(=O)OC(C)(C)C)[C@@]1(O)[C@H]2OC(=O)[C@@]1(C)O. The van der Waals surface area contributed by atoms with Crippen LogP contribution in [0.4, 0.5) is 4.79 Å². The third-order valence-electron chi connectivity index (χ3n) is 11.3. The second kappa shape index (κ2) is 20.3. The van der Waals surface area contributed by atoms with Crippen molar-refractivity contribution in [1.82, 2.24) is 5.32 Å². The van der Waals surface area contributed by atoms with Crippen LogP contribution in [0.1, 0.15) is 153 Å². The lowest BCUT2D eigenvalue weighted by atomic mass is 9.75. The van der Waals surface area contributed by atoms with Gasteiger partial charge < -0.3 is 44.0 Å². The van der Waals surface area contributed by atoms with Crippen molar-refractivity contribution in [2.24, 2.45) is 5.92 Å². The molecule has 1 saturated carbocycles. The summed E-state index contributed by atoms with van der Waals surface area (Å²) in [7, 11) is 0. The van der Waals surface area contributed by atoms with Crippen molar-refractivity contribution in [3.63, 3.8) is 0 Å². The molecule has 328 valence electrons. The fraction of sp³-hybridized carbons (Fsp3) is 0.767. The van der Waals surface area contributed by atoms with Crippen LogP contribution in [0.5, 0.6) is 0 Å². The number of allylic oxidation sites excluding steroid dienone is 1. The Morgan fingerprint density at radius 2 is 1.45 bits per heavy atom. The Morgan fingerprint density at radius 3 is 2.02 bits per heavy atom. The maximum atomic E-state index is 13.5. The maximum absolute atomic E-state index is 13.5. The first-order valence-electron chi connectivity index (χ1n) is 20.8. The van der Waals surface area contributed by atoms with Gasteiger partial charge in [-0.3, -0.25) is 14.4 Å². The van der Waals surface area contributed by atoms with Crippen LogP contribution in [0.15, 0.2) is 22.8 Å². The van der Waals surface area contributed by atoms with Crippen LogP contribution in [0, 0.1) is 5.92 Å². The van der Waals surface area contributed by atoms with Crippen molar-refractivity contribution in [3.05, 3.63) is 22.8 Å². The molecule has 0 radical (unpaired) electrons. The number of amides is 1. The zero-order valence-corrected chi connectivity index (χ0v) is 36.2. The van der Waals surface area contributed by atoms with Gasteiger partial charge in [0, 0.05) is 38.3 Å². The molecule has 1 saturated heterocycles. The molecule has 3 aliphatic rings. The lowest BCUT2D eigenvalue weighted by Gasteiger charge is -2.41. The van der Waals surface area contributed by atoms with Gasteiger partial charge in [0.25, 0.3) is 0 Å². The predicted octanol–water partition coefficient (Wildman–Crippen LogP) is 5.99. The second-order valence-electron chi connectivity index (χ2n) is 17.3. The summed E-state index contributed by atoms with van der Waals surface area (Å²) in [5, 5.41) is 27.1. The summed E-state index contributed by atoms with van der Waals surface area (Å²) in [4.78, 5) is 78.4. The molecule has 1 aliphatic heterocycles. The van der Waals surface area contributed by atoms with Crippen molar-refractivity contribution in [1.29, 1.82) is 0 Å². The van der Waals surface area contributed by atoms with Gasteiger partial charge in [-0.15, -0.1) is 0 Å². The van der Waals surface area contributed by atoms with Gasteiger partial charge in [-0.1, -0.05) is 57.9 Å². The molecule has 0 unspecified atom stereocenters. The summed E-state index contributed by atoms with van der Waals surface area (Å²) < 4.78 is 35.1. The Balaban J connectivity index is 1.93. The highest BCUT2D eigenvalue weighted by Gasteiger charge is 2.76. The highest BCUT2D eigenvalue weighted by Crippen LogP contribution is 2.57. The second-order valence-corrected chi connectivity index (χ2v) is 17.3. The number of unbranched alkanes of at least 4 members (excludes halogenated alkanes) is 8. The van der Waals surface area contributed by atoms with Gasteiger partial charge in [0.2, 0.25) is 0 Å². The minimum atomic E-state index is -2.63. The molecular formula is C43H67NO14. The van der Waals surface area contributed by atoms with Crippen LogP contribution in [0.25, 0.3) is 0 Å². The average Bonchev–Trinajstić information content (AvgIpc) is 3.45. The Hall–Kier alpha value is -3.98. The van der Waals surface area contributed by atoms with Gasteiger partial charge in [-0.25, -0.2) is 14.4 Å². The normalized spacial score (nSPS) is 29.4. The van der Waals surface area contributed by atoms with Crippen LogP contribution in [0.3, 0.4) is 0 Å². The summed E-state index contributed by atoms with van der Waals surface area (Å²) in [5.41, 5.74) is -6.94. The highest BCUT2D eigenvalue weighted by atomic mass is 16.6. The quantitative estimate of drug-likeness (QED) is 0.0449. The Labute approximate surface area is 342 Å². The first-order chi connectivity index (χ1) is 27.0. The summed E-state index contributed by atoms with van der Waals surface area (Å²) >= 11 is 0. The third-order valence-corrected chi connectivity index (χ3v) is 11.3. The topological polar surface area (TPSA) is 210 Å². The molecule has 0 bridgehead atoms. The molecule has 2 fully saturated rings. The van der Waals surface area contributed by atoms with E-state index in [1.807, 2.05) is 0 Å². The largest absolute Gasteiger partial charge is 0.459 e. The van der Waals surface area contributed by atoms with Crippen LogP contribution in [-0.2, 0) is 52.4 Å². The molecule has 0 aromatic carbocycles. The molecule has 0 spiro atoms. The number of carbonyl (C=O) groups is 6. The molecule has 0 aromatic heterocycles. The van der Waals surface area contributed by atoms with Gasteiger partial charge in [-0.05, 0) is 85.8 Å². The van der Waals surface area contributed by atoms with Crippen LogP contribution < -0.4 is 5.32 Å². The van der Waals surface area contributed by atoms with Crippen molar-refractivity contribution < 1.29 is 67.4 Å². The predicted molar refractivity (Wildman–Crippen MR) is 211 cm³/mol. The number of nitrogens with one attached hydrogen (secondary N) is 1. The molecular weight excluding hydrogens is 754 g/mol. The van der Waals surface area contributed by atoms with Gasteiger partial charge in [0.15, 0.2) is 29.5 Å². The van der Waals surface area contributed by atoms with E-state index < -0.39 is 95.1 Å². The van der Waals surface area contributed by atoms with E-state index in [2.05, 4.69) is 12.2 Å². The molecule has 0 aromatic rings. The van der Waals surface area contributed by atoms with E-state index in [1.54, 1.807) is 47.6 Å². The number of aliphatic hydroxyl groups is 2. The standard InChI is InChI=1S/C43H67NO14/c1-11-13-14-16-19-23-31(47)54-35-33-32(27(4)34(35)55-37(48)26(3)12-2)36-43(52,42(10,51)38(49)56-36)29(25-41(33,9)57-28(5)45)53-30(46)22-20-17-15-18-21-24-44-39(50)58-40(6,7)8/h12,29,33-36,51-52H,11,13-25H2,1-10H3,(H,44,50)/b26-12-/t29-,33+,34-,35-,36-,41-,42+,43+/m0/s1. The number of hydrogen-bond donors (Lipinski definition) is 3. The van der Waals surface area contributed by atoms with Crippen molar-refractivity contribution in [2.45, 2.75) is 200 Å². The lowest BCUT2D eigenvalue weighted by molar-refractivity contribution is -0.212. The average molecular weight is 822 g/mol. The van der Waals surface area contributed by atoms with Gasteiger partial charge >= 0.3 is 35.9 Å². The van der Waals surface area contributed by atoms with Crippen molar-refractivity contribution in [2.75, 3.05) is 6.54 Å². The Kier molecular flexibility index (Phi) is 17.0. The van der Waals surface area contributed by atoms with E-state index in [4.69, 9.17) is 28.4 Å². The molecule has 58 heavy (non-hydrogen) atoms. The molecule has 3 rings (SSSR count). The molecule has 15 nitrogen and oxygen atoms in total.